The fourth-order valence-electron chi connectivity index (χ4n) is 1.99. The van der Waals surface area contributed by atoms with Gasteiger partial charge in [0.1, 0.15) is 12.4 Å². The lowest BCUT2D eigenvalue weighted by Gasteiger charge is -2.09. The molecule has 2 aromatic rings. The van der Waals surface area contributed by atoms with Crippen molar-refractivity contribution in [2.75, 3.05) is 6.54 Å². The normalized spacial score (nSPS) is 11.0. The van der Waals surface area contributed by atoms with E-state index in [-0.39, 0.29) is 11.8 Å². The molecule has 5 nitrogen and oxygen atoms in total. The van der Waals surface area contributed by atoms with Gasteiger partial charge in [-0.2, -0.15) is 10.5 Å². The van der Waals surface area contributed by atoms with Gasteiger partial charge in [0.15, 0.2) is 0 Å². The van der Waals surface area contributed by atoms with Gasteiger partial charge in [-0.15, -0.1) is 0 Å². The van der Waals surface area contributed by atoms with Crippen molar-refractivity contribution in [1.29, 1.82) is 10.5 Å². The number of ether oxygens (including phenoxy) is 1. The monoisotopic (exact) mass is 319 g/mol. The van der Waals surface area contributed by atoms with Gasteiger partial charge in [-0.25, -0.2) is 0 Å². The van der Waals surface area contributed by atoms with Gasteiger partial charge >= 0.3 is 0 Å². The van der Waals surface area contributed by atoms with Gasteiger partial charge in [0.25, 0.3) is 5.91 Å². The first-order valence-corrected chi connectivity index (χ1v) is 7.52. The molecule has 0 saturated carbocycles. The summed E-state index contributed by atoms with van der Waals surface area (Å²) >= 11 is 0. The molecule has 0 fully saturated rings. The van der Waals surface area contributed by atoms with Crippen molar-refractivity contribution >= 4 is 5.91 Å². The van der Waals surface area contributed by atoms with Gasteiger partial charge in [-0.05, 0) is 48.9 Å². The van der Waals surface area contributed by atoms with Crippen molar-refractivity contribution < 1.29 is 9.53 Å². The van der Waals surface area contributed by atoms with Crippen LogP contribution in [0.2, 0.25) is 0 Å². The number of nitrogens with one attached hydrogen (secondary N) is 1. The average molecular weight is 319 g/mol. The SMILES string of the molecule is CC(C#N)CNC(=O)c1cccc(COc2ccc(C#N)cc2)c1. The molecule has 24 heavy (non-hydrogen) atoms. The quantitative estimate of drug-likeness (QED) is 0.886. The molecule has 0 aliphatic rings. The summed E-state index contributed by atoms with van der Waals surface area (Å²) in [5.74, 6) is 0.223. The molecule has 0 aliphatic heterocycles. The summed E-state index contributed by atoms with van der Waals surface area (Å²) in [7, 11) is 0. The van der Waals surface area contributed by atoms with Crippen LogP contribution in [0.3, 0.4) is 0 Å². The molecule has 120 valence electrons. The van der Waals surface area contributed by atoms with Crippen molar-refractivity contribution in [1.82, 2.24) is 5.32 Å². The van der Waals surface area contributed by atoms with Gasteiger partial charge < -0.3 is 10.1 Å². The fourth-order valence-corrected chi connectivity index (χ4v) is 1.99. The van der Waals surface area contributed by atoms with Gasteiger partial charge in [-0.3, -0.25) is 4.79 Å². The number of rotatable bonds is 6. The summed E-state index contributed by atoms with van der Waals surface area (Å²) in [6.45, 7) is 2.39. The molecular formula is C19H17N3O2. The van der Waals surface area contributed by atoms with Crippen LogP contribution in [0, 0.1) is 28.6 Å². The second-order valence-corrected chi connectivity index (χ2v) is 5.37. The second kappa shape index (κ2) is 8.36. The standard InChI is InChI=1S/C19H17N3O2/c1-14(10-20)12-22-19(23)17-4-2-3-16(9-17)13-24-18-7-5-15(11-21)6-8-18/h2-9,14H,12-13H2,1H3,(H,22,23). The van der Waals surface area contributed by atoms with Crippen molar-refractivity contribution in [2.24, 2.45) is 5.92 Å². The predicted octanol–water partition coefficient (Wildman–Crippen LogP) is 3.03. The number of hydrogen-bond donors (Lipinski definition) is 1. The zero-order valence-electron chi connectivity index (χ0n) is 13.3. The smallest absolute Gasteiger partial charge is 0.251 e. The van der Waals surface area contributed by atoms with E-state index in [1.54, 1.807) is 49.4 Å². The summed E-state index contributed by atoms with van der Waals surface area (Å²) < 4.78 is 5.66. The van der Waals surface area contributed by atoms with E-state index in [1.807, 2.05) is 6.07 Å². The summed E-state index contributed by atoms with van der Waals surface area (Å²) in [6.07, 6.45) is 0. The van der Waals surface area contributed by atoms with Gasteiger partial charge in [0, 0.05) is 12.1 Å². The van der Waals surface area contributed by atoms with E-state index >= 15 is 0 Å². The van der Waals surface area contributed by atoms with E-state index in [0.29, 0.717) is 30.0 Å². The Morgan fingerprint density at radius 1 is 1.21 bits per heavy atom. The minimum atomic E-state index is -0.225. The fraction of sp³-hybridized carbons (Fsp3) is 0.211. The topological polar surface area (TPSA) is 85.9 Å². The summed E-state index contributed by atoms with van der Waals surface area (Å²) in [5.41, 5.74) is 1.97. The van der Waals surface area contributed by atoms with Crippen molar-refractivity contribution in [2.45, 2.75) is 13.5 Å². The van der Waals surface area contributed by atoms with E-state index in [4.69, 9.17) is 15.3 Å². The third-order valence-corrected chi connectivity index (χ3v) is 3.37. The lowest BCUT2D eigenvalue weighted by atomic mass is 10.1. The first-order valence-electron chi connectivity index (χ1n) is 7.52. The molecule has 0 radical (unpaired) electrons. The largest absolute Gasteiger partial charge is 0.489 e. The first-order chi connectivity index (χ1) is 11.6. The van der Waals surface area contributed by atoms with Crippen LogP contribution < -0.4 is 10.1 Å². The van der Waals surface area contributed by atoms with Crippen LogP contribution in [0.15, 0.2) is 48.5 Å². The van der Waals surface area contributed by atoms with Crippen LogP contribution >= 0.6 is 0 Å². The molecule has 1 unspecified atom stereocenters. The van der Waals surface area contributed by atoms with E-state index < -0.39 is 0 Å². The Hall–Kier alpha value is -3.31. The number of carbonyl (C=O) groups excluding carboxylic acids is 1. The van der Waals surface area contributed by atoms with Crippen LogP contribution in [0.5, 0.6) is 5.75 Å². The maximum Gasteiger partial charge on any atom is 0.251 e. The van der Waals surface area contributed by atoms with Crippen LogP contribution in [-0.4, -0.2) is 12.5 Å². The Labute approximate surface area is 141 Å². The third-order valence-electron chi connectivity index (χ3n) is 3.37. The van der Waals surface area contributed by atoms with Crippen molar-refractivity contribution in [3.63, 3.8) is 0 Å². The molecule has 0 bridgehead atoms. The molecule has 0 saturated heterocycles. The molecular weight excluding hydrogens is 302 g/mol. The first kappa shape index (κ1) is 17.1. The molecule has 0 aliphatic carbocycles. The minimum Gasteiger partial charge on any atom is -0.489 e. The van der Waals surface area contributed by atoms with Crippen LogP contribution in [0.1, 0.15) is 28.4 Å². The van der Waals surface area contributed by atoms with E-state index in [2.05, 4.69) is 17.5 Å². The van der Waals surface area contributed by atoms with Gasteiger partial charge in [-0.1, -0.05) is 12.1 Å². The Bertz CT molecular complexity index is 785. The van der Waals surface area contributed by atoms with Crippen molar-refractivity contribution in [3.05, 3.63) is 65.2 Å². The molecule has 0 aromatic heterocycles. The van der Waals surface area contributed by atoms with Gasteiger partial charge in [0.2, 0.25) is 0 Å². The highest BCUT2D eigenvalue weighted by Crippen LogP contribution is 2.14. The molecule has 0 spiro atoms. The second-order valence-electron chi connectivity index (χ2n) is 5.37. The summed E-state index contributed by atoms with van der Waals surface area (Å²) in [6, 6.07) is 18.1. The summed E-state index contributed by atoms with van der Waals surface area (Å²) in [5, 5.41) is 20.2. The molecule has 1 N–H and O–H groups in total. The number of hydrogen-bond acceptors (Lipinski definition) is 4. The summed E-state index contributed by atoms with van der Waals surface area (Å²) in [4.78, 5) is 12.1. The predicted molar refractivity (Wildman–Crippen MR) is 89.0 cm³/mol. The number of amides is 1. The maximum absolute atomic E-state index is 12.1. The average Bonchev–Trinajstić information content (AvgIpc) is 2.64. The maximum atomic E-state index is 12.1. The number of benzene rings is 2. The highest BCUT2D eigenvalue weighted by atomic mass is 16.5. The lowest BCUT2D eigenvalue weighted by molar-refractivity contribution is 0.0950. The van der Waals surface area contributed by atoms with E-state index in [0.717, 1.165) is 5.56 Å². The highest BCUT2D eigenvalue weighted by Gasteiger charge is 2.08. The van der Waals surface area contributed by atoms with Crippen LogP contribution in [0.25, 0.3) is 0 Å². The Morgan fingerprint density at radius 2 is 1.96 bits per heavy atom. The minimum absolute atomic E-state index is 0.211. The molecule has 1 atom stereocenters. The number of carbonyl (C=O) groups is 1. The van der Waals surface area contributed by atoms with Crippen LogP contribution in [0.4, 0.5) is 0 Å². The molecule has 2 rings (SSSR count). The Kier molecular flexibility index (Phi) is 5.94. The molecule has 0 heterocycles. The number of nitrogens with zero attached hydrogens (tertiary/aromatic N) is 2. The molecule has 2 aromatic carbocycles. The molecule has 1 amide bonds. The lowest BCUT2D eigenvalue weighted by Crippen LogP contribution is -2.27. The molecule has 5 heteroatoms. The Balaban J connectivity index is 1.95. The van der Waals surface area contributed by atoms with Crippen molar-refractivity contribution in [3.8, 4) is 17.9 Å². The Morgan fingerprint density at radius 3 is 2.62 bits per heavy atom. The third kappa shape index (κ3) is 4.86. The number of nitriles is 2. The highest BCUT2D eigenvalue weighted by molar-refractivity contribution is 5.94. The van der Waals surface area contributed by atoms with Crippen LogP contribution in [-0.2, 0) is 6.61 Å². The van der Waals surface area contributed by atoms with E-state index in [1.165, 1.54) is 0 Å². The zero-order valence-corrected chi connectivity index (χ0v) is 13.3. The zero-order chi connectivity index (χ0) is 17.4. The van der Waals surface area contributed by atoms with E-state index in [9.17, 15) is 4.79 Å². The van der Waals surface area contributed by atoms with Gasteiger partial charge in [0.05, 0.1) is 23.6 Å².